The van der Waals surface area contributed by atoms with Crippen molar-refractivity contribution in [3.8, 4) is 22.8 Å². The standard InChI is InChI=1S/C21H20O9/c22-9-17-18(25)19(26)20(27)21(30-17)29-15-6-5-10(7-13(15)24)16-8-12(23)11-3-1-2-4-14(11)28-16/h1-8,17-22,24-27H,9H2/t17-,18-,19+,20-,21-/m1/s1. The Kier molecular flexibility index (Phi) is 5.46. The lowest BCUT2D eigenvalue weighted by Crippen LogP contribution is -2.60. The Morgan fingerprint density at radius 3 is 2.47 bits per heavy atom. The first-order valence-corrected chi connectivity index (χ1v) is 9.22. The molecular weight excluding hydrogens is 396 g/mol. The second-order valence-electron chi connectivity index (χ2n) is 6.97. The highest BCUT2D eigenvalue weighted by atomic mass is 16.7. The topological polar surface area (TPSA) is 150 Å². The van der Waals surface area contributed by atoms with E-state index >= 15 is 0 Å². The van der Waals surface area contributed by atoms with Gasteiger partial charge in [0.2, 0.25) is 6.29 Å². The van der Waals surface area contributed by atoms with Crippen molar-refractivity contribution in [3.63, 3.8) is 0 Å². The van der Waals surface area contributed by atoms with Crippen molar-refractivity contribution in [1.82, 2.24) is 0 Å². The minimum absolute atomic E-state index is 0.0776. The zero-order chi connectivity index (χ0) is 21.4. The van der Waals surface area contributed by atoms with Gasteiger partial charge in [-0.15, -0.1) is 0 Å². The number of phenolic OH excluding ortho intramolecular Hbond substituents is 1. The van der Waals surface area contributed by atoms with Gasteiger partial charge >= 0.3 is 0 Å². The number of hydrogen-bond donors (Lipinski definition) is 5. The van der Waals surface area contributed by atoms with Crippen molar-refractivity contribution in [1.29, 1.82) is 0 Å². The molecule has 0 radical (unpaired) electrons. The molecule has 9 heteroatoms. The molecule has 1 saturated heterocycles. The van der Waals surface area contributed by atoms with Crippen molar-refractivity contribution in [2.75, 3.05) is 6.61 Å². The van der Waals surface area contributed by atoms with E-state index in [0.29, 0.717) is 16.5 Å². The van der Waals surface area contributed by atoms with E-state index < -0.39 is 37.3 Å². The van der Waals surface area contributed by atoms with Crippen LogP contribution in [0.25, 0.3) is 22.3 Å². The molecule has 0 saturated carbocycles. The lowest BCUT2D eigenvalue weighted by Gasteiger charge is -2.39. The van der Waals surface area contributed by atoms with Gasteiger partial charge in [-0.25, -0.2) is 0 Å². The van der Waals surface area contributed by atoms with Crippen LogP contribution in [0.15, 0.2) is 57.7 Å². The Labute approximate surface area is 170 Å². The maximum atomic E-state index is 12.3. The molecule has 1 aliphatic heterocycles. The number of hydrogen-bond acceptors (Lipinski definition) is 9. The molecule has 0 bridgehead atoms. The fourth-order valence-electron chi connectivity index (χ4n) is 3.31. The third-order valence-electron chi connectivity index (χ3n) is 4.97. The molecule has 4 rings (SSSR count). The van der Waals surface area contributed by atoms with Crippen LogP contribution in [0.5, 0.6) is 11.5 Å². The first kappa shape index (κ1) is 20.3. The van der Waals surface area contributed by atoms with Gasteiger partial charge in [0.05, 0.1) is 12.0 Å². The number of rotatable bonds is 4. The number of benzene rings is 2. The summed E-state index contributed by atoms with van der Waals surface area (Å²) in [5.74, 6) is -0.167. The van der Waals surface area contributed by atoms with Gasteiger partial charge in [0.25, 0.3) is 0 Å². The normalized spacial score (nSPS) is 26.6. The molecule has 1 aliphatic rings. The second kappa shape index (κ2) is 8.05. The third-order valence-corrected chi connectivity index (χ3v) is 4.97. The number of aliphatic hydroxyl groups is 4. The van der Waals surface area contributed by atoms with E-state index in [1.165, 1.54) is 24.3 Å². The summed E-state index contributed by atoms with van der Waals surface area (Å²) in [5.41, 5.74) is 0.589. The molecule has 9 nitrogen and oxygen atoms in total. The summed E-state index contributed by atoms with van der Waals surface area (Å²) in [6, 6.07) is 12.3. The molecule has 30 heavy (non-hydrogen) atoms. The van der Waals surface area contributed by atoms with Crippen molar-refractivity contribution in [2.24, 2.45) is 0 Å². The maximum absolute atomic E-state index is 12.3. The monoisotopic (exact) mass is 416 g/mol. The van der Waals surface area contributed by atoms with E-state index in [2.05, 4.69) is 0 Å². The molecular formula is C21H20O9. The quantitative estimate of drug-likeness (QED) is 0.406. The highest BCUT2D eigenvalue weighted by molar-refractivity contribution is 5.78. The largest absolute Gasteiger partial charge is 0.504 e. The number of fused-ring (bicyclic) bond motifs is 1. The van der Waals surface area contributed by atoms with Crippen molar-refractivity contribution in [3.05, 3.63) is 58.8 Å². The number of ether oxygens (including phenoxy) is 2. The molecule has 3 aromatic rings. The van der Waals surface area contributed by atoms with E-state index in [9.17, 15) is 30.3 Å². The highest BCUT2D eigenvalue weighted by Crippen LogP contribution is 2.34. The summed E-state index contributed by atoms with van der Waals surface area (Å²) >= 11 is 0. The summed E-state index contributed by atoms with van der Waals surface area (Å²) in [4.78, 5) is 12.3. The summed E-state index contributed by atoms with van der Waals surface area (Å²) in [6.45, 7) is -0.600. The van der Waals surface area contributed by atoms with E-state index in [0.717, 1.165) is 0 Å². The van der Waals surface area contributed by atoms with Crippen molar-refractivity contribution < 1.29 is 39.4 Å². The Morgan fingerprint density at radius 2 is 1.73 bits per heavy atom. The number of para-hydroxylation sites is 1. The highest BCUT2D eigenvalue weighted by Gasteiger charge is 2.44. The third kappa shape index (κ3) is 3.64. The van der Waals surface area contributed by atoms with Crippen molar-refractivity contribution in [2.45, 2.75) is 30.7 Å². The molecule has 2 heterocycles. The minimum Gasteiger partial charge on any atom is -0.504 e. The number of aliphatic hydroxyl groups excluding tert-OH is 4. The van der Waals surface area contributed by atoms with Crippen LogP contribution in [0.3, 0.4) is 0 Å². The molecule has 0 unspecified atom stereocenters. The number of phenols is 1. The van der Waals surface area contributed by atoms with Gasteiger partial charge < -0.3 is 39.4 Å². The Balaban J connectivity index is 1.60. The van der Waals surface area contributed by atoms with E-state index in [4.69, 9.17) is 13.9 Å². The van der Waals surface area contributed by atoms with Crippen LogP contribution in [-0.2, 0) is 4.74 Å². The summed E-state index contributed by atoms with van der Waals surface area (Å²) in [5, 5.41) is 49.8. The van der Waals surface area contributed by atoms with Crippen LogP contribution in [0, 0.1) is 0 Å². The maximum Gasteiger partial charge on any atom is 0.229 e. The minimum atomic E-state index is -1.61. The Morgan fingerprint density at radius 1 is 0.967 bits per heavy atom. The van der Waals surface area contributed by atoms with E-state index in [1.54, 1.807) is 24.3 Å². The Bertz CT molecular complexity index is 1110. The first-order chi connectivity index (χ1) is 14.4. The fourth-order valence-corrected chi connectivity index (χ4v) is 3.31. The molecule has 1 aromatic heterocycles. The number of aromatic hydroxyl groups is 1. The Hall–Kier alpha value is -2.95. The lowest BCUT2D eigenvalue weighted by atomic mass is 9.99. The van der Waals surface area contributed by atoms with E-state index in [-0.39, 0.29) is 22.7 Å². The fraction of sp³-hybridized carbons (Fsp3) is 0.286. The summed E-state index contributed by atoms with van der Waals surface area (Å²) in [7, 11) is 0. The van der Waals surface area contributed by atoms with Crippen LogP contribution in [-0.4, -0.2) is 62.8 Å². The van der Waals surface area contributed by atoms with Gasteiger partial charge in [-0.2, -0.15) is 0 Å². The van der Waals surface area contributed by atoms with Gasteiger partial charge in [0, 0.05) is 11.6 Å². The molecule has 5 atom stereocenters. The zero-order valence-electron chi connectivity index (χ0n) is 15.6. The van der Waals surface area contributed by atoms with Gasteiger partial charge in [-0.05, 0) is 30.3 Å². The van der Waals surface area contributed by atoms with Crippen LogP contribution < -0.4 is 10.2 Å². The first-order valence-electron chi connectivity index (χ1n) is 9.22. The van der Waals surface area contributed by atoms with Crippen LogP contribution in [0.2, 0.25) is 0 Å². The molecule has 0 aliphatic carbocycles. The van der Waals surface area contributed by atoms with Crippen LogP contribution in [0.1, 0.15) is 0 Å². The van der Waals surface area contributed by atoms with Gasteiger partial charge in [0.1, 0.15) is 35.8 Å². The van der Waals surface area contributed by atoms with E-state index in [1.807, 2.05) is 0 Å². The molecule has 5 N–H and O–H groups in total. The van der Waals surface area contributed by atoms with Crippen LogP contribution >= 0.6 is 0 Å². The average Bonchev–Trinajstić information content (AvgIpc) is 2.75. The van der Waals surface area contributed by atoms with Crippen molar-refractivity contribution >= 4 is 11.0 Å². The molecule has 158 valence electrons. The zero-order valence-corrected chi connectivity index (χ0v) is 15.6. The average molecular weight is 416 g/mol. The predicted molar refractivity (Wildman–Crippen MR) is 104 cm³/mol. The molecule has 0 amide bonds. The van der Waals surface area contributed by atoms with Gasteiger partial charge in [-0.1, -0.05) is 12.1 Å². The molecule has 0 spiro atoms. The summed E-state index contributed by atoms with van der Waals surface area (Å²) in [6.07, 6.45) is -7.30. The van der Waals surface area contributed by atoms with Gasteiger partial charge in [0.15, 0.2) is 16.9 Å². The second-order valence-corrected chi connectivity index (χ2v) is 6.97. The lowest BCUT2D eigenvalue weighted by molar-refractivity contribution is -0.277. The van der Waals surface area contributed by atoms with Gasteiger partial charge in [-0.3, -0.25) is 4.79 Å². The molecule has 1 fully saturated rings. The summed E-state index contributed by atoms with van der Waals surface area (Å²) < 4.78 is 16.4. The predicted octanol–water partition coefficient (Wildman–Crippen LogP) is 0.344. The SMILES string of the molecule is O=c1cc(-c2ccc(O[C@@H]3O[C@H](CO)[C@@H](O)[C@H](O)[C@H]3O)c(O)c2)oc2ccccc12. The smallest absolute Gasteiger partial charge is 0.229 e. The van der Waals surface area contributed by atoms with Crippen LogP contribution in [0.4, 0.5) is 0 Å². The molecule has 2 aromatic carbocycles.